The smallest absolute Gasteiger partial charge is 0.326 e. The lowest BCUT2D eigenvalue weighted by molar-refractivity contribution is -0.140. The number of nitrogens with zero attached hydrogens (tertiary/aromatic N) is 4. The van der Waals surface area contributed by atoms with Crippen molar-refractivity contribution in [3.05, 3.63) is 277 Å². The molecule has 18 N–H and O–H groups in total. The highest BCUT2D eigenvalue weighted by atomic mass is 35.5. The summed E-state index contributed by atoms with van der Waals surface area (Å²) in [5, 5.41) is 69.2. The van der Waals surface area contributed by atoms with Gasteiger partial charge in [0.25, 0.3) is 23.6 Å². The molecule has 0 spiro atoms. The van der Waals surface area contributed by atoms with E-state index in [1.807, 2.05) is 36.4 Å². The Balaban J connectivity index is 0.000000182. The molecular weight excluding hydrogens is 2000 g/mol. The largest absolute Gasteiger partial charge is 0.480 e. The molecule has 8 aromatic carbocycles. The number of nitrogens with two attached hydrogens (primary N) is 2. The summed E-state index contributed by atoms with van der Waals surface area (Å²) in [5.74, 6) is -4.20. The van der Waals surface area contributed by atoms with Gasteiger partial charge in [0.1, 0.15) is 47.3 Å². The summed E-state index contributed by atoms with van der Waals surface area (Å²) >= 11 is 48.5. The summed E-state index contributed by atoms with van der Waals surface area (Å²) in [6, 6.07) is 43.4. The number of hydrogen-bond acceptors (Lipinski definition) is 20. The SMILES string of the molecule is CN=C(NC)N[C@H]1CC[C@H](C(=O)Cc2ccc(C[C@H](NC(=O)c3c(Cl)cccc3Cl)C(=O)O)cc2)C1.NC(N)=N[C@H]1CC[C@H](C(=O)Cc2ccc(C[C@H](NC(=O)c3c(Cl)cccc3Cl)C(=O)O)cc2)C1.O=C(N[C@@H](Cc1ccc(CC(=O)[C@H]2CC[C@H](NC3=NCCCN3)C2)cc1)C(=O)O)c1c(Cl)cccc1Cl.O=C(N[C@@H](Cc1ccc(CC(=O)[C@H]2CC[C@H](NC3=NCCN3)C2)cc1)C(=O)O)c1c(Cl)cccc1Cl. The second-order valence-electron chi connectivity index (χ2n) is 35.8. The lowest BCUT2D eigenvalue weighted by Gasteiger charge is -2.20. The zero-order valence-corrected chi connectivity index (χ0v) is 84.5. The number of ketones is 4. The number of benzene rings is 8. The van der Waals surface area contributed by atoms with Gasteiger partial charge in [0.15, 0.2) is 23.8 Å². The van der Waals surface area contributed by atoms with E-state index in [2.05, 4.69) is 73.1 Å². The first-order valence-corrected chi connectivity index (χ1v) is 49.9. The number of aliphatic imine (C=N–C) groups is 4. The molecule has 4 aliphatic carbocycles. The fourth-order valence-electron chi connectivity index (χ4n) is 17.8. The van der Waals surface area contributed by atoms with Crippen LogP contribution < -0.4 is 64.6 Å². The first-order chi connectivity index (χ1) is 68.4. The van der Waals surface area contributed by atoms with E-state index in [-0.39, 0.29) is 171 Å². The highest BCUT2D eigenvalue weighted by Crippen LogP contribution is 2.35. The predicted molar refractivity (Wildman–Crippen MR) is 554 cm³/mol. The van der Waals surface area contributed by atoms with E-state index in [4.69, 9.17) is 104 Å². The summed E-state index contributed by atoms with van der Waals surface area (Å²) in [7, 11) is 3.51. The summed E-state index contributed by atoms with van der Waals surface area (Å²) < 4.78 is 0. The third-order valence-electron chi connectivity index (χ3n) is 25.4. The van der Waals surface area contributed by atoms with Crippen molar-refractivity contribution in [1.29, 1.82) is 0 Å². The van der Waals surface area contributed by atoms with Gasteiger partial charge < -0.3 is 85.1 Å². The van der Waals surface area contributed by atoms with E-state index in [0.29, 0.717) is 36.8 Å². The quantitative estimate of drug-likeness (QED) is 0.0128. The van der Waals surface area contributed by atoms with Crippen LogP contribution in [0.4, 0.5) is 0 Å². The maximum Gasteiger partial charge on any atom is 0.326 e. The number of Topliss-reactive ketones (excluding diaryl/α,β-unsaturated/α-hetero) is 4. The fraction of sp³-hybridized carbons (Fsp3) is 0.379. The fourth-order valence-corrected chi connectivity index (χ4v) is 20.1. The number of rotatable bonds is 36. The van der Waals surface area contributed by atoms with Crippen molar-refractivity contribution < 1.29 is 78.0 Å². The van der Waals surface area contributed by atoms with Crippen molar-refractivity contribution in [3.8, 4) is 0 Å². The van der Waals surface area contributed by atoms with Gasteiger partial charge >= 0.3 is 23.9 Å². The summed E-state index contributed by atoms with van der Waals surface area (Å²) in [4.78, 5) is 166. The van der Waals surface area contributed by atoms with E-state index in [1.165, 1.54) is 48.5 Å². The minimum Gasteiger partial charge on any atom is -0.480 e. The molecule has 32 nitrogen and oxygen atoms in total. The average Bonchev–Trinajstić information content (AvgIpc) is 1.53. The minimum atomic E-state index is -1.19. The normalized spacial score (nSPS) is 19.1. The maximum absolute atomic E-state index is 12.9. The van der Waals surface area contributed by atoms with Gasteiger partial charge in [-0.15, -0.1) is 0 Å². The molecule has 6 aliphatic rings. The van der Waals surface area contributed by atoms with E-state index in [9.17, 15) is 78.0 Å². The first kappa shape index (κ1) is 111. The molecule has 8 aromatic rings. The molecular formula is C103H114Cl8N16O16. The van der Waals surface area contributed by atoms with Gasteiger partial charge in [0.05, 0.1) is 75.0 Å². The zero-order chi connectivity index (χ0) is 103. The minimum absolute atomic E-state index is 0.000349. The lowest BCUT2D eigenvalue weighted by Crippen LogP contribution is -2.45. The highest BCUT2D eigenvalue weighted by molar-refractivity contribution is 6.42. The van der Waals surface area contributed by atoms with Crippen LogP contribution in [0.3, 0.4) is 0 Å². The maximum atomic E-state index is 12.9. The molecule has 0 bridgehead atoms. The van der Waals surface area contributed by atoms with Gasteiger partial charge in [-0.1, -0.05) is 214 Å². The van der Waals surface area contributed by atoms with E-state index >= 15 is 0 Å². The molecule has 4 fully saturated rings. The molecule has 40 heteroatoms. The van der Waals surface area contributed by atoms with Crippen molar-refractivity contribution in [2.24, 2.45) is 55.1 Å². The molecule has 12 atom stereocenters. The Kier molecular flexibility index (Phi) is 42.2. The Hall–Kier alpha value is -12.4. The summed E-state index contributed by atoms with van der Waals surface area (Å²) in [6.07, 6.45) is 12.5. The van der Waals surface area contributed by atoms with Gasteiger partial charge in [0, 0.05) is 127 Å². The Morgan fingerprint density at radius 1 is 0.364 bits per heavy atom. The highest BCUT2D eigenvalue weighted by Gasteiger charge is 2.37. The Labute approximate surface area is 867 Å². The van der Waals surface area contributed by atoms with Crippen molar-refractivity contribution in [2.75, 3.05) is 40.3 Å². The van der Waals surface area contributed by atoms with Gasteiger partial charge in [-0.2, -0.15) is 0 Å². The van der Waals surface area contributed by atoms with Crippen LogP contribution in [0.1, 0.15) is 169 Å². The van der Waals surface area contributed by atoms with Crippen LogP contribution >= 0.6 is 92.8 Å². The number of carbonyl (C=O) groups excluding carboxylic acids is 8. The molecule has 14 rings (SSSR count). The topological polar surface area (TPSA) is 508 Å². The molecule has 0 radical (unpaired) electrons. The van der Waals surface area contributed by atoms with E-state index in [1.54, 1.807) is 99.0 Å². The number of halogens is 8. The third-order valence-corrected chi connectivity index (χ3v) is 28.0. The van der Waals surface area contributed by atoms with Crippen molar-refractivity contribution in [2.45, 2.75) is 183 Å². The van der Waals surface area contributed by atoms with Crippen LogP contribution in [0.15, 0.2) is 190 Å². The monoisotopic (exact) mass is 2110 g/mol. The van der Waals surface area contributed by atoms with E-state index in [0.717, 1.165) is 154 Å². The first-order valence-electron chi connectivity index (χ1n) is 46.9. The Morgan fingerprint density at radius 2 is 0.629 bits per heavy atom. The number of carboxylic acid groups (broad SMARTS) is 4. The van der Waals surface area contributed by atoms with Crippen LogP contribution in [-0.4, -0.2) is 204 Å². The van der Waals surface area contributed by atoms with Crippen molar-refractivity contribution in [1.82, 2.24) is 53.2 Å². The number of guanidine groups is 4. The summed E-state index contributed by atoms with van der Waals surface area (Å²) in [6.45, 7) is 3.38. The molecule has 4 amide bonds. The summed E-state index contributed by atoms with van der Waals surface area (Å²) in [5.41, 5.74) is 17.3. The predicted octanol–water partition coefficient (Wildman–Crippen LogP) is 13.4. The standard InChI is InChI=1S/C27H30Cl2N4O4.C26H28Cl2N4O4.C26H30Cl2N4O4.C24H26Cl2N4O4/c28-20-3-1-4-21(29)24(20)25(35)33-22(26(36)37)13-16-5-7-17(8-6-16)14-23(34)18-9-10-19(15-18)32-27-30-11-2-12-31-27;27-19-2-1-3-20(28)23(19)24(34)32-21(25(35)36)12-15-4-6-16(7-5-15)13-22(33)17-8-9-18(14-17)31-26-29-10-11-30-26;1-29-26(30-2)31-18-11-10-17(14-18)22(33)13-16-8-6-15(7-9-16)12-21(25(35)36)32-24(34)23-19(27)4-3-5-20(23)28;25-17-2-1-3-18(26)21(17)22(32)30-19(23(33)34)10-13-4-6-14(7-5-13)11-20(31)15-8-9-16(12-15)29-24(27)28/h1,3-8,18-19,22H,2,9-15H2,(H,33,35)(H,36,37)(H2,30,31,32);1-7,17-18,21H,8-14H2,(H,32,34)(H,35,36)(H2,29,30,31);3-9,17-18,21H,10-14H2,1-2H3,(H,32,34)(H,35,36)(H2,29,30,31);1-7,15-16,19H,8-12H2,(H,30,32)(H,33,34)(H4,27,28,29)/t18-,19-,22-;2*17-,18-,21-;15-,16-,19-/m0000/s1. The van der Waals surface area contributed by atoms with Crippen molar-refractivity contribution in [3.63, 3.8) is 0 Å². The van der Waals surface area contributed by atoms with Crippen LogP contribution in [0.5, 0.6) is 0 Å². The van der Waals surface area contributed by atoms with Crippen LogP contribution in [0.25, 0.3) is 0 Å². The number of carbonyl (C=O) groups is 12. The molecule has 0 aromatic heterocycles. The Bertz CT molecular complexity index is 5790. The molecule has 2 aliphatic heterocycles. The Morgan fingerprint density at radius 3 is 0.888 bits per heavy atom. The molecule has 2 heterocycles. The lowest BCUT2D eigenvalue weighted by atomic mass is 9.95. The second kappa shape index (κ2) is 54.3. The molecule has 4 saturated carbocycles. The number of aliphatic carboxylic acids is 4. The van der Waals surface area contributed by atoms with Crippen LogP contribution in [-0.2, 0) is 89.7 Å². The number of carboxylic acids is 4. The van der Waals surface area contributed by atoms with Gasteiger partial charge in [-0.3, -0.25) is 58.3 Å². The zero-order valence-electron chi connectivity index (χ0n) is 78.4. The number of nitrogens with one attached hydrogen (secondary N) is 10. The van der Waals surface area contributed by atoms with Crippen molar-refractivity contribution >= 4 is 187 Å². The molecule has 758 valence electrons. The van der Waals surface area contributed by atoms with Gasteiger partial charge in [-0.05, 0) is 177 Å². The van der Waals surface area contributed by atoms with Gasteiger partial charge in [0.2, 0.25) is 0 Å². The number of amides is 4. The molecule has 0 unspecified atom stereocenters. The number of hydrogen-bond donors (Lipinski definition) is 16. The van der Waals surface area contributed by atoms with E-state index < -0.39 is 71.7 Å². The van der Waals surface area contributed by atoms with Crippen LogP contribution in [0.2, 0.25) is 40.2 Å². The van der Waals surface area contributed by atoms with Gasteiger partial charge in [-0.25, -0.2) is 19.2 Å². The molecule has 143 heavy (non-hydrogen) atoms. The molecule has 0 saturated heterocycles. The second-order valence-corrected chi connectivity index (χ2v) is 39.0. The third kappa shape index (κ3) is 33.6. The average molecular weight is 2120 g/mol. The van der Waals surface area contributed by atoms with Crippen LogP contribution in [0, 0.1) is 23.7 Å².